The van der Waals surface area contributed by atoms with Crippen LogP contribution in [0, 0.1) is 0 Å². The molecule has 5 heteroatoms. The van der Waals surface area contributed by atoms with E-state index in [1.807, 2.05) is 0 Å². The minimum Gasteiger partial charge on any atom is -0.478 e. The van der Waals surface area contributed by atoms with Crippen LogP contribution in [0.2, 0.25) is 0 Å². The van der Waals surface area contributed by atoms with Crippen molar-refractivity contribution in [2.24, 2.45) is 0 Å². The van der Waals surface area contributed by atoms with E-state index in [9.17, 15) is 4.79 Å². The Kier molecular flexibility index (Phi) is 4.38. The summed E-state index contributed by atoms with van der Waals surface area (Å²) < 4.78 is 5.27. The van der Waals surface area contributed by atoms with Gasteiger partial charge in [-0.25, -0.2) is 4.79 Å². The molecule has 2 rings (SSSR count). The Morgan fingerprint density at radius 1 is 1.33 bits per heavy atom. The highest BCUT2D eigenvalue weighted by atomic mass is 16.4. The zero-order valence-electron chi connectivity index (χ0n) is 10.8. The van der Waals surface area contributed by atoms with Crippen LogP contribution in [0.5, 0.6) is 0 Å². The summed E-state index contributed by atoms with van der Waals surface area (Å²) in [7, 11) is 0. The van der Waals surface area contributed by atoms with Crippen LogP contribution in [-0.4, -0.2) is 53.6 Å². The van der Waals surface area contributed by atoms with E-state index in [2.05, 4.69) is 16.7 Å². The molecule has 1 N–H and O–H groups in total. The van der Waals surface area contributed by atoms with Gasteiger partial charge in [0.25, 0.3) is 0 Å². The number of piperazine rings is 1. The lowest BCUT2D eigenvalue weighted by Crippen LogP contribution is -2.45. The van der Waals surface area contributed by atoms with Crippen molar-refractivity contribution in [1.82, 2.24) is 9.80 Å². The van der Waals surface area contributed by atoms with Gasteiger partial charge in [-0.05, 0) is 19.0 Å². The maximum atomic E-state index is 10.7. The molecule has 0 bridgehead atoms. The molecule has 0 spiro atoms. The quantitative estimate of drug-likeness (QED) is 0.860. The highest BCUT2D eigenvalue weighted by molar-refractivity contribution is 5.87. The van der Waals surface area contributed by atoms with E-state index in [4.69, 9.17) is 9.52 Å². The van der Waals surface area contributed by atoms with Crippen molar-refractivity contribution >= 4 is 5.97 Å². The van der Waals surface area contributed by atoms with E-state index >= 15 is 0 Å². The summed E-state index contributed by atoms with van der Waals surface area (Å²) in [5, 5.41) is 8.82. The standard InChI is InChI=1S/C13H20N2O3/c1-2-3-14-4-6-15(7-5-14)9-12-8-11(10-18-12)13(16)17/h8,10H,2-7,9H2,1H3,(H,16,17). The number of nitrogens with zero attached hydrogens (tertiary/aromatic N) is 2. The van der Waals surface area contributed by atoms with Gasteiger partial charge in [0, 0.05) is 26.2 Å². The molecule has 1 aromatic rings. The van der Waals surface area contributed by atoms with Gasteiger partial charge in [0.05, 0.1) is 12.1 Å². The van der Waals surface area contributed by atoms with Gasteiger partial charge < -0.3 is 14.4 Å². The van der Waals surface area contributed by atoms with Crippen LogP contribution in [0.15, 0.2) is 16.7 Å². The topological polar surface area (TPSA) is 56.9 Å². The molecule has 0 saturated carbocycles. The van der Waals surface area contributed by atoms with Crippen LogP contribution in [0.3, 0.4) is 0 Å². The smallest absolute Gasteiger partial charge is 0.338 e. The third-order valence-corrected chi connectivity index (χ3v) is 3.28. The SMILES string of the molecule is CCCN1CCN(Cc2cc(C(=O)O)co2)CC1. The summed E-state index contributed by atoms with van der Waals surface area (Å²) in [5.74, 6) is -0.200. The zero-order chi connectivity index (χ0) is 13.0. The van der Waals surface area contributed by atoms with Crippen molar-refractivity contribution in [3.05, 3.63) is 23.7 Å². The maximum Gasteiger partial charge on any atom is 0.338 e. The predicted octanol–water partition coefficient (Wildman–Crippen LogP) is 1.51. The van der Waals surface area contributed by atoms with Gasteiger partial charge in [-0.2, -0.15) is 0 Å². The van der Waals surface area contributed by atoms with Crippen molar-refractivity contribution in [2.45, 2.75) is 19.9 Å². The van der Waals surface area contributed by atoms with Crippen molar-refractivity contribution in [3.63, 3.8) is 0 Å². The molecule has 1 fully saturated rings. The van der Waals surface area contributed by atoms with Crippen molar-refractivity contribution < 1.29 is 14.3 Å². The maximum absolute atomic E-state index is 10.7. The molecular formula is C13H20N2O3. The second kappa shape index (κ2) is 6.02. The minimum atomic E-state index is -0.933. The number of furan rings is 1. The number of rotatable bonds is 5. The first-order valence-electron chi connectivity index (χ1n) is 6.44. The van der Waals surface area contributed by atoms with Gasteiger partial charge in [-0.3, -0.25) is 4.90 Å². The lowest BCUT2D eigenvalue weighted by molar-refractivity contribution is 0.0696. The minimum absolute atomic E-state index is 0.231. The number of aromatic carboxylic acids is 1. The van der Waals surface area contributed by atoms with Crippen molar-refractivity contribution in [1.29, 1.82) is 0 Å². The first-order chi connectivity index (χ1) is 8.69. The van der Waals surface area contributed by atoms with Crippen molar-refractivity contribution in [2.75, 3.05) is 32.7 Å². The average molecular weight is 252 g/mol. The molecule has 2 heterocycles. The van der Waals surface area contributed by atoms with E-state index in [0.29, 0.717) is 6.54 Å². The van der Waals surface area contributed by atoms with E-state index in [1.165, 1.54) is 12.7 Å². The van der Waals surface area contributed by atoms with E-state index in [1.54, 1.807) is 6.07 Å². The summed E-state index contributed by atoms with van der Waals surface area (Å²) in [5.41, 5.74) is 0.231. The summed E-state index contributed by atoms with van der Waals surface area (Å²) in [6.07, 6.45) is 2.51. The lowest BCUT2D eigenvalue weighted by atomic mass is 10.2. The lowest BCUT2D eigenvalue weighted by Gasteiger charge is -2.33. The second-order valence-corrected chi connectivity index (χ2v) is 4.72. The van der Waals surface area contributed by atoms with Gasteiger partial charge in [0.1, 0.15) is 12.0 Å². The second-order valence-electron chi connectivity index (χ2n) is 4.72. The van der Waals surface area contributed by atoms with Crippen LogP contribution in [0.4, 0.5) is 0 Å². The summed E-state index contributed by atoms with van der Waals surface area (Å²) in [6.45, 7) is 8.26. The fourth-order valence-electron chi connectivity index (χ4n) is 2.28. The first kappa shape index (κ1) is 13.1. The number of hydrogen-bond donors (Lipinski definition) is 1. The molecule has 1 saturated heterocycles. The Morgan fingerprint density at radius 2 is 2.00 bits per heavy atom. The Morgan fingerprint density at radius 3 is 2.56 bits per heavy atom. The van der Waals surface area contributed by atoms with E-state index < -0.39 is 5.97 Å². The molecule has 0 atom stereocenters. The van der Waals surface area contributed by atoms with Crippen LogP contribution in [-0.2, 0) is 6.54 Å². The normalized spacial score (nSPS) is 18.1. The summed E-state index contributed by atoms with van der Waals surface area (Å²) in [6, 6.07) is 1.61. The molecule has 18 heavy (non-hydrogen) atoms. The van der Waals surface area contributed by atoms with Crippen LogP contribution in [0.25, 0.3) is 0 Å². The van der Waals surface area contributed by atoms with Gasteiger partial charge in [-0.1, -0.05) is 6.92 Å². The predicted molar refractivity (Wildman–Crippen MR) is 67.7 cm³/mol. The van der Waals surface area contributed by atoms with Gasteiger partial charge in [0.15, 0.2) is 0 Å². The monoisotopic (exact) mass is 252 g/mol. The third kappa shape index (κ3) is 3.34. The molecular weight excluding hydrogens is 232 g/mol. The fraction of sp³-hybridized carbons (Fsp3) is 0.615. The van der Waals surface area contributed by atoms with Crippen LogP contribution in [0.1, 0.15) is 29.5 Å². The molecule has 1 aliphatic rings. The molecule has 0 unspecified atom stereocenters. The Hall–Kier alpha value is -1.33. The van der Waals surface area contributed by atoms with Crippen molar-refractivity contribution in [3.8, 4) is 0 Å². The summed E-state index contributed by atoms with van der Waals surface area (Å²) >= 11 is 0. The highest BCUT2D eigenvalue weighted by Crippen LogP contribution is 2.12. The largest absolute Gasteiger partial charge is 0.478 e. The third-order valence-electron chi connectivity index (χ3n) is 3.28. The molecule has 5 nitrogen and oxygen atoms in total. The highest BCUT2D eigenvalue weighted by Gasteiger charge is 2.18. The Labute approximate surface area is 107 Å². The van der Waals surface area contributed by atoms with Crippen LogP contribution < -0.4 is 0 Å². The average Bonchev–Trinajstić information content (AvgIpc) is 2.81. The molecule has 0 radical (unpaired) electrons. The zero-order valence-corrected chi connectivity index (χ0v) is 10.8. The van der Waals surface area contributed by atoms with Gasteiger partial charge in [0.2, 0.25) is 0 Å². The molecule has 1 aliphatic heterocycles. The molecule has 100 valence electrons. The molecule has 0 aliphatic carbocycles. The van der Waals surface area contributed by atoms with E-state index in [0.717, 1.165) is 38.5 Å². The number of carboxylic acid groups (broad SMARTS) is 1. The van der Waals surface area contributed by atoms with Gasteiger partial charge >= 0.3 is 5.97 Å². The molecule has 1 aromatic heterocycles. The fourth-order valence-corrected chi connectivity index (χ4v) is 2.28. The Balaban J connectivity index is 1.82. The molecule has 0 amide bonds. The number of carboxylic acids is 1. The van der Waals surface area contributed by atoms with E-state index in [-0.39, 0.29) is 5.56 Å². The Bertz CT molecular complexity index is 395. The summed E-state index contributed by atoms with van der Waals surface area (Å²) in [4.78, 5) is 15.5. The number of hydrogen-bond acceptors (Lipinski definition) is 4. The van der Waals surface area contributed by atoms with Gasteiger partial charge in [-0.15, -0.1) is 0 Å². The molecule has 0 aromatic carbocycles. The first-order valence-corrected chi connectivity index (χ1v) is 6.44. The van der Waals surface area contributed by atoms with Crippen LogP contribution >= 0.6 is 0 Å². The number of carbonyl (C=O) groups is 1.